The van der Waals surface area contributed by atoms with E-state index in [0.717, 1.165) is 4.24 Å². The molecule has 4 heteroatoms. The van der Waals surface area contributed by atoms with Crippen molar-refractivity contribution in [2.24, 2.45) is 5.92 Å². The van der Waals surface area contributed by atoms with Crippen LogP contribution in [0.4, 0.5) is 0 Å². The van der Waals surface area contributed by atoms with Crippen molar-refractivity contribution in [2.45, 2.75) is 0 Å². The van der Waals surface area contributed by atoms with E-state index in [1.165, 1.54) is 23.5 Å². The second-order valence-electron chi connectivity index (χ2n) is 2.67. The Morgan fingerprint density at radius 2 is 1.71 bits per heavy atom. The van der Waals surface area contributed by atoms with Gasteiger partial charge in [-0.25, -0.2) is 0 Å². The van der Waals surface area contributed by atoms with Gasteiger partial charge >= 0.3 is 0 Å². The molecule has 0 amide bonds. The number of halogens is 1. The maximum Gasteiger partial charge on any atom is 0.186 e. The average molecular weight is 247 g/mol. The summed E-state index contributed by atoms with van der Waals surface area (Å²) in [6.45, 7) is 0. The van der Waals surface area contributed by atoms with Gasteiger partial charge in [0, 0.05) is 0 Å². The second-order valence-corrected chi connectivity index (χ2v) is 4.94. The SMILES string of the molecule is CSC(SC)=C(Cl)C(=O)C1C=CC=C1. The third kappa shape index (κ3) is 2.69. The number of carbonyl (C=O) groups excluding carboxylic acids is 1. The molecule has 0 atom stereocenters. The van der Waals surface area contributed by atoms with E-state index in [-0.39, 0.29) is 11.7 Å². The maximum atomic E-state index is 11.8. The summed E-state index contributed by atoms with van der Waals surface area (Å²) >= 11 is 9.01. The van der Waals surface area contributed by atoms with Crippen LogP contribution in [0.5, 0.6) is 0 Å². The van der Waals surface area contributed by atoms with Crippen molar-refractivity contribution in [1.29, 1.82) is 0 Å². The first-order valence-corrected chi connectivity index (χ1v) is 6.90. The number of Topliss-reactive ketones (excluding diaryl/α,β-unsaturated/α-hetero) is 1. The monoisotopic (exact) mass is 246 g/mol. The van der Waals surface area contributed by atoms with Gasteiger partial charge in [-0.1, -0.05) is 35.9 Å². The predicted octanol–water partition coefficient (Wildman–Crippen LogP) is 3.43. The van der Waals surface area contributed by atoms with Crippen LogP contribution in [0.1, 0.15) is 0 Å². The van der Waals surface area contributed by atoms with Crippen molar-refractivity contribution in [3.63, 3.8) is 0 Å². The van der Waals surface area contributed by atoms with Gasteiger partial charge in [-0.15, -0.1) is 23.5 Å². The lowest BCUT2D eigenvalue weighted by Gasteiger charge is -2.06. The summed E-state index contributed by atoms with van der Waals surface area (Å²) < 4.78 is 0.880. The van der Waals surface area contributed by atoms with Gasteiger partial charge in [0.05, 0.1) is 10.2 Å². The minimum Gasteiger partial charge on any atom is -0.292 e. The van der Waals surface area contributed by atoms with Crippen molar-refractivity contribution in [3.05, 3.63) is 33.6 Å². The van der Waals surface area contributed by atoms with Crippen molar-refractivity contribution >= 4 is 40.9 Å². The molecule has 0 bridgehead atoms. The second kappa shape index (κ2) is 5.69. The number of hydrogen-bond donors (Lipinski definition) is 0. The Labute approximate surface area is 97.7 Å². The molecule has 1 rings (SSSR count). The van der Waals surface area contributed by atoms with E-state index in [9.17, 15) is 4.79 Å². The number of rotatable bonds is 4. The number of ketones is 1. The number of allylic oxidation sites excluding steroid dienone is 5. The van der Waals surface area contributed by atoms with E-state index in [1.54, 1.807) is 0 Å². The van der Waals surface area contributed by atoms with Gasteiger partial charge in [0.15, 0.2) is 5.78 Å². The quantitative estimate of drug-likeness (QED) is 0.708. The van der Waals surface area contributed by atoms with E-state index in [2.05, 4.69) is 0 Å². The highest BCUT2D eigenvalue weighted by atomic mass is 35.5. The lowest BCUT2D eigenvalue weighted by atomic mass is 10.1. The van der Waals surface area contributed by atoms with Crippen LogP contribution in [0.3, 0.4) is 0 Å². The smallest absolute Gasteiger partial charge is 0.186 e. The van der Waals surface area contributed by atoms with Gasteiger partial charge in [0.25, 0.3) is 0 Å². The van der Waals surface area contributed by atoms with Crippen LogP contribution < -0.4 is 0 Å². The molecule has 0 saturated carbocycles. The van der Waals surface area contributed by atoms with Crippen LogP contribution in [-0.4, -0.2) is 18.3 Å². The molecule has 0 unspecified atom stereocenters. The molecule has 0 aromatic carbocycles. The fourth-order valence-corrected chi connectivity index (χ4v) is 2.93. The molecule has 0 aromatic rings. The largest absolute Gasteiger partial charge is 0.292 e. The van der Waals surface area contributed by atoms with Crippen molar-refractivity contribution in [1.82, 2.24) is 0 Å². The van der Waals surface area contributed by atoms with Gasteiger partial charge in [-0.3, -0.25) is 4.79 Å². The highest BCUT2D eigenvalue weighted by molar-refractivity contribution is 8.21. The van der Waals surface area contributed by atoms with Gasteiger partial charge in [0.2, 0.25) is 0 Å². The molecule has 14 heavy (non-hydrogen) atoms. The van der Waals surface area contributed by atoms with E-state index >= 15 is 0 Å². The van der Waals surface area contributed by atoms with Crippen LogP contribution >= 0.6 is 35.1 Å². The van der Waals surface area contributed by atoms with Crippen molar-refractivity contribution in [2.75, 3.05) is 12.5 Å². The van der Waals surface area contributed by atoms with E-state index < -0.39 is 0 Å². The van der Waals surface area contributed by atoms with Crippen molar-refractivity contribution < 1.29 is 4.79 Å². The fraction of sp³-hybridized carbons (Fsp3) is 0.300. The Hall–Kier alpha value is -0.120. The molecule has 0 radical (unpaired) electrons. The van der Waals surface area contributed by atoms with Crippen molar-refractivity contribution in [3.8, 4) is 0 Å². The molecule has 0 fully saturated rings. The van der Waals surface area contributed by atoms with Crippen LogP contribution in [0.15, 0.2) is 33.6 Å². The lowest BCUT2D eigenvalue weighted by molar-refractivity contribution is -0.116. The average Bonchev–Trinajstić information content (AvgIpc) is 2.71. The Morgan fingerprint density at radius 3 is 2.14 bits per heavy atom. The summed E-state index contributed by atoms with van der Waals surface area (Å²) in [6.07, 6.45) is 11.3. The lowest BCUT2D eigenvalue weighted by Crippen LogP contribution is -2.09. The molecule has 0 heterocycles. The summed E-state index contributed by atoms with van der Waals surface area (Å²) in [7, 11) is 0. The fourth-order valence-electron chi connectivity index (χ4n) is 1.12. The molecule has 1 aliphatic carbocycles. The first-order valence-electron chi connectivity index (χ1n) is 4.07. The van der Waals surface area contributed by atoms with Crippen LogP contribution in [0, 0.1) is 5.92 Å². The topological polar surface area (TPSA) is 17.1 Å². The Kier molecular flexibility index (Phi) is 4.85. The number of carbonyl (C=O) groups is 1. The number of thioether (sulfide) groups is 2. The minimum atomic E-state index is -0.170. The minimum absolute atomic E-state index is 0.0182. The molecule has 76 valence electrons. The highest BCUT2D eigenvalue weighted by Gasteiger charge is 2.20. The predicted molar refractivity (Wildman–Crippen MR) is 66.7 cm³/mol. The van der Waals surface area contributed by atoms with Gasteiger partial charge in [-0.05, 0) is 12.5 Å². The van der Waals surface area contributed by atoms with Gasteiger partial charge in [0.1, 0.15) is 5.03 Å². The normalized spacial score (nSPS) is 14.8. The van der Waals surface area contributed by atoms with Gasteiger partial charge in [-0.2, -0.15) is 0 Å². The Balaban J connectivity index is 2.82. The molecule has 0 aliphatic heterocycles. The molecule has 1 nitrogen and oxygen atoms in total. The summed E-state index contributed by atoms with van der Waals surface area (Å²) in [6, 6.07) is 0. The maximum absolute atomic E-state index is 11.8. The first-order chi connectivity index (χ1) is 6.70. The summed E-state index contributed by atoms with van der Waals surface area (Å²) in [4.78, 5) is 11.8. The molecular formula is C10H11ClOS2. The van der Waals surface area contributed by atoms with Gasteiger partial charge < -0.3 is 0 Å². The molecule has 0 N–H and O–H groups in total. The first kappa shape index (κ1) is 12.0. The third-order valence-corrected chi connectivity index (χ3v) is 4.57. The zero-order valence-electron chi connectivity index (χ0n) is 7.99. The van der Waals surface area contributed by atoms with Crippen LogP contribution in [0.25, 0.3) is 0 Å². The highest BCUT2D eigenvalue weighted by Crippen LogP contribution is 2.32. The molecule has 0 spiro atoms. The summed E-state index contributed by atoms with van der Waals surface area (Å²) in [5, 5.41) is 0.353. The van der Waals surface area contributed by atoms with Crippen LogP contribution in [-0.2, 0) is 4.79 Å². The Morgan fingerprint density at radius 1 is 1.21 bits per heavy atom. The molecule has 1 aliphatic rings. The zero-order valence-corrected chi connectivity index (χ0v) is 10.4. The van der Waals surface area contributed by atoms with E-state index in [1.807, 2.05) is 36.8 Å². The summed E-state index contributed by atoms with van der Waals surface area (Å²) in [5.74, 6) is -0.188. The third-order valence-electron chi connectivity index (χ3n) is 1.82. The van der Waals surface area contributed by atoms with Crippen LogP contribution in [0.2, 0.25) is 0 Å². The van der Waals surface area contributed by atoms with E-state index in [4.69, 9.17) is 11.6 Å². The molecule has 0 aromatic heterocycles. The zero-order chi connectivity index (χ0) is 10.6. The standard InChI is InChI=1S/C10H11ClOS2/c1-13-10(14-2)8(11)9(12)7-5-3-4-6-7/h3-7H,1-2H3. The van der Waals surface area contributed by atoms with E-state index in [0.29, 0.717) is 5.03 Å². The molecular weight excluding hydrogens is 236 g/mol. The number of hydrogen-bond acceptors (Lipinski definition) is 3. The summed E-state index contributed by atoms with van der Waals surface area (Å²) in [5.41, 5.74) is 0. The Bertz CT molecular complexity index is 300. The molecule has 0 saturated heterocycles.